The van der Waals surface area contributed by atoms with Gasteiger partial charge >= 0.3 is 5.97 Å². The minimum atomic E-state index is -0.750. The number of hydrogen-bond donors (Lipinski definition) is 1. The molecule has 2 fully saturated rings. The Morgan fingerprint density at radius 3 is 2.37 bits per heavy atom. The Morgan fingerprint density at radius 2 is 1.70 bits per heavy atom. The summed E-state index contributed by atoms with van der Waals surface area (Å²) in [6, 6.07) is 20.0. The highest BCUT2D eigenvalue weighted by molar-refractivity contribution is 7.98. The van der Waals surface area contributed by atoms with Gasteiger partial charge in [-0.05, 0) is 105 Å². The predicted octanol–water partition coefficient (Wildman–Crippen LogP) is 5.27. The van der Waals surface area contributed by atoms with Crippen LogP contribution >= 0.6 is 24.0 Å². The van der Waals surface area contributed by atoms with E-state index in [4.69, 9.17) is 17.0 Å². The number of esters is 1. The minimum Gasteiger partial charge on any atom is -0.462 e. The third kappa shape index (κ3) is 8.04. The lowest BCUT2D eigenvalue weighted by molar-refractivity contribution is -0.124. The number of anilines is 3. The number of halogens is 1. The Hall–Kier alpha value is -4.00. The second-order valence-electron chi connectivity index (χ2n) is 11.1. The van der Waals surface area contributed by atoms with Gasteiger partial charge in [0.15, 0.2) is 5.11 Å². The fraction of sp³-hybridized carbons (Fsp3) is 0.353. The molecule has 3 aromatic carbocycles. The molecule has 0 spiro atoms. The SMILES string of the molecule is CCOC(=O)c1ccc(NC(=O)CC2C(=O)N(c3cccc(SC)c3)C(=S)N2CCCN2CCN(c3ccc(F)cc3)CC2)cc1. The van der Waals surface area contributed by atoms with E-state index in [9.17, 15) is 18.8 Å². The molecule has 242 valence electrons. The van der Waals surface area contributed by atoms with Crippen LogP contribution in [0.25, 0.3) is 0 Å². The van der Waals surface area contributed by atoms with Crippen LogP contribution in [0, 0.1) is 5.82 Å². The molecule has 9 nitrogen and oxygen atoms in total. The molecule has 1 unspecified atom stereocenters. The summed E-state index contributed by atoms with van der Waals surface area (Å²) in [4.78, 5) is 48.2. The lowest BCUT2D eigenvalue weighted by Crippen LogP contribution is -2.47. The largest absolute Gasteiger partial charge is 0.462 e. The lowest BCUT2D eigenvalue weighted by atomic mass is 10.1. The van der Waals surface area contributed by atoms with Gasteiger partial charge in [0, 0.05) is 49.0 Å². The zero-order valence-electron chi connectivity index (χ0n) is 26.0. The molecular weight excluding hydrogens is 626 g/mol. The van der Waals surface area contributed by atoms with Crippen LogP contribution in [-0.2, 0) is 14.3 Å². The van der Waals surface area contributed by atoms with Crippen LogP contribution in [0.5, 0.6) is 0 Å². The van der Waals surface area contributed by atoms with E-state index in [0.29, 0.717) is 28.6 Å². The fourth-order valence-corrected chi connectivity index (χ4v) is 6.58. The van der Waals surface area contributed by atoms with E-state index in [1.165, 1.54) is 12.1 Å². The average Bonchev–Trinajstić information content (AvgIpc) is 3.29. The molecule has 3 aromatic rings. The molecule has 0 aliphatic carbocycles. The van der Waals surface area contributed by atoms with Crippen LogP contribution < -0.4 is 15.1 Å². The molecule has 2 aliphatic rings. The molecule has 5 rings (SSSR count). The van der Waals surface area contributed by atoms with Gasteiger partial charge in [0.1, 0.15) is 11.9 Å². The number of thioether (sulfide) groups is 1. The van der Waals surface area contributed by atoms with Crippen LogP contribution in [0.4, 0.5) is 21.5 Å². The second kappa shape index (κ2) is 15.5. The van der Waals surface area contributed by atoms with Crippen LogP contribution in [-0.4, -0.2) is 90.9 Å². The number of nitrogens with zero attached hydrogens (tertiary/aromatic N) is 4. The van der Waals surface area contributed by atoms with Crippen LogP contribution in [0.15, 0.2) is 77.7 Å². The molecule has 12 heteroatoms. The summed E-state index contributed by atoms with van der Waals surface area (Å²) < 4.78 is 18.4. The topological polar surface area (TPSA) is 85.4 Å². The highest BCUT2D eigenvalue weighted by Crippen LogP contribution is 2.30. The minimum absolute atomic E-state index is 0.0757. The van der Waals surface area contributed by atoms with E-state index in [1.54, 1.807) is 47.9 Å². The number of benzene rings is 3. The zero-order chi connectivity index (χ0) is 32.6. The first-order valence-corrected chi connectivity index (χ1v) is 17.0. The van der Waals surface area contributed by atoms with Crippen molar-refractivity contribution in [1.82, 2.24) is 9.80 Å². The van der Waals surface area contributed by atoms with Gasteiger partial charge in [-0.1, -0.05) is 6.07 Å². The number of rotatable bonds is 12. The van der Waals surface area contributed by atoms with E-state index >= 15 is 0 Å². The number of carbonyl (C=O) groups excluding carboxylic acids is 3. The van der Waals surface area contributed by atoms with Crippen molar-refractivity contribution in [1.29, 1.82) is 0 Å². The van der Waals surface area contributed by atoms with Crippen molar-refractivity contribution in [3.8, 4) is 0 Å². The first-order chi connectivity index (χ1) is 22.3. The van der Waals surface area contributed by atoms with Crippen molar-refractivity contribution in [3.05, 3.63) is 84.2 Å². The zero-order valence-corrected chi connectivity index (χ0v) is 27.6. The van der Waals surface area contributed by atoms with Crippen LogP contribution in [0.2, 0.25) is 0 Å². The maximum atomic E-state index is 13.9. The van der Waals surface area contributed by atoms with Crippen molar-refractivity contribution in [2.24, 2.45) is 0 Å². The molecule has 0 radical (unpaired) electrons. The van der Waals surface area contributed by atoms with Gasteiger partial charge in [-0.2, -0.15) is 0 Å². The summed E-state index contributed by atoms with van der Waals surface area (Å²) in [5.74, 6) is -1.23. The summed E-state index contributed by atoms with van der Waals surface area (Å²) in [6.45, 7) is 6.78. The smallest absolute Gasteiger partial charge is 0.338 e. The molecule has 0 aromatic heterocycles. The highest BCUT2D eigenvalue weighted by Gasteiger charge is 2.44. The Kier molecular flexibility index (Phi) is 11.3. The summed E-state index contributed by atoms with van der Waals surface area (Å²) in [7, 11) is 0. The van der Waals surface area contributed by atoms with Crippen molar-refractivity contribution in [2.75, 3.05) is 67.2 Å². The monoisotopic (exact) mass is 663 g/mol. The Bertz CT molecular complexity index is 1550. The standard InChI is InChI=1S/C34H38FN5O4S2/c1-3-44-33(43)24-8-12-26(13-9-24)36-31(41)23-30-32(42)40(28-6-4-7-29(22-28)46-2)34(45)39(30)17-5-16-37-18-20-38(21-19-37)27-14-10-25(35)11-15-27/h4,6-15,22,30H,3,5,16-21,23H2,1-2H3,(H,36,41). The van der Waals surface area contributed by atoms with Gasteiger partial charge in [-0.15, -0.1) is 11.8 Å². The van der Waals surface area contributed by atoms with E-state index in [0.717, 1.165) is 49.7 Å². The van der Waals surface area contributed by atoms with Gasteiger partial charge < -0.3 is 19.9 Å². The summed E-state index contributed by atoms with van der Waals surface area (Å²) in [5.41, 5.74) is 2.61. The third-order valence-electron chi connectivity index (χ3n) is 8.13. The molecule has 2 amide bonds. The van der Waals surface area contributed by atoms with Crippen LogP contribution in [0.3, 0.4) is 0 Å². The van der Waals surface area contributed by atoms with Crippen molar-refractivity contribution in [3.63, 3.8) is 0 Å². The number of piperazine rings is 1. The van der Waals surface area contributed by atoms with Crippen molar-refractivity contribution < 1.29 is 23.5 Å². The molecule has 1 N–H and O–H groups in total. The number of nitrogens with one attached hydrogen (secondary N) is 1. The van der Waals surface area contributed by atoms with E-state index < -0.39 is 12.0 Å². The van der Waals surface area contributed by atoms with Crippen molar-refractivity contribution >= 4 is 63.9 Å². The first-order valence-electron chi connectivity index (χ1n) is 15.4. The molecule has 0 bridgehead atoms. The summed E-state index contributed by atoms with van der Waals surface area (Å²) in [5, 5.41) is 3.25. The molecular formula is C34H38FN5O4S2. The Morgan fingerprint density at radius 1 is 0.978 bits per heavy atom. The maximum absolute atomic E-state index is 13.9. The normalized spacial score (nSPS) is 17.0. The summed E-state index contributed by atoms with van der Waals surface area (Å²) in [6.07, 6.45) is 2.66. The maximum Gasteiger partial charge on any atom is 0.338 e. The van der Waals surface area contributed by atoms with Gasteiger partial charge in [-0.25, -0.2) is 9.18 Å². The van der Waals surface area contributed by atoms with Crippen LogP contribution in [0.1, 0.15) is 30.1 Å². The third-order valence-corrected chi connectivity index (χ3v) is 9.27. The van der Waals surface area contributed by atoms with E-state index in [1.807, 2.05) is 47.6 Å². The predicted molar refractivity (Wildman–Crippen MR) is 184 cm³/mol. The van der Waals surface area contributed by atoms with E-state index in [2.05, 4.69) is 15.1 Å². The lowest BCUT2D eigenvalue weighted by Gasteiger charge is -2.36. The number of ether oxygens (including phenoxy) is 1. The highest BCUT2D eigenvalue weighted by atomic mass is 32.2. The molecule has 46 heavy (non-hydrogen) atoms. The van der Waals surface area contributed by atoms with Gasteiger partial charge in [-0.3, -0.25) is 19.4 Å². The first kappa shape index (κ1) is 33.4. The molecule has 2 aliphatic heterocycles. The fourth-order valence-electron chi connectivity index (χ4n) is 5.71. The number of thiocarbonyl (C=S) groups is 1. The number of hydrogen-bond acceptors (Lipinski definition) is 8. The summed E-state index contributed by atoms with van der Waals surface area (Å²) >= 11 is 7.45. The van der Waals surface area contributed by atoms with Gasteiger partial charge in [0.2, 0.25) is 5.91 Å². The molecule has 2 heterocycles. The van der Waals surface area contributed by atoms with E-state index in [-0.39, 0.29) is 30.7 Å². The molecule has 1 atom stereocenters. The quantitative estimate of drug-likeness (QED) is 0.158. The second-order valence-corrected chi connectivity index (χ2v) is 12.3. The number of amides is 2. The van der Waals surface area contributed by atoms with Crippen molar-refractivity contribution in [2.45, 2.75) is 30.7 Å². The average molecular weight is 664 g/mol. The molecule has 0 saturated carbocycles. The number of carbonyl (C=O) groups is 3. The Balaban J connectivity index is 1.23. The van der Waals surface area contributed by atoms with Gasteiger partial charge in [0.25, 0.3) is 5.91 Å². The molecule has 2 saturated heterocycles. The Labute approximate surface area is 278 Å². The van der Waals surface area contributed by atoms with Gasteiger partial charge in [0.05, 0.1) is 24.3 Å².